The molecule has 0 aliphatic rings. The molecule has 82 valence electrons. The van der Waals surface area contributed by atoms with E-state index in [-0.39, 0.29) is 12.0 Å². The number of halogens is 2. The second-order valence-electron chi connectivity index (χ2n) is 3.45. The Balaban J connectivity index is 3.23. The van der Waals surface area contributed by atoms with Crippen LogP contribution in [0, 0.1) is 13.8 Å². The number of carboxylic acid groups (broad SMARTS) is 1. The standard InChI is InChI=1S/C11H12F2O2/c1-6-3-4-8(11(12)13)7(2)9(6)5-10(14)15/h3-4,11H,5H2,1-2H3,(H,14,15). The van der Waals surface area contributed by atoms with Crippen LogP contribution in [0.5, 0.6) is 0 Å². The van der Waals surface area contributed by atoms with Crippen LogP contribution in [0.4, 0.5) is 8.78 Å². The zero-order valence-corrected chi connectivity index (χ0v) is 8.55. The van der Waals surface area contributed by atoms with E-state index in [4.69, 9.17) is 5.11 Å². The van der Waals surface area contributed by atoms with Crippen molar-refractivity contribution in [2.24, 2.45) is 0 Å². The van der Waals surface area contributed by atoms with Crippen LogP contribution in [-0.4, -0.2) is 11.1 Å². The summed E-state index contributed by atoms with van der Waals surface area (Å²) in [5.74, 6) is -1.01. The summed E-state index contributed by atoms with van der Waals surface area (Å²) in [6.45, 7) is 3.26. The van der Waals surface area contributed by atoms with E-state index in [0.29, 0.717) is 11.1 Å². The van der Waals surface area contributed by atoms with E-state index in [9.17, 15) is 13.6 Å². The monoisotopic (exact) mass is 214 g/mol. The average molecular weight is 214 g/mol. The van der Waals surface area contributed by atoms with Crippen LogP contribution in [-0.2, 0) is 11.2 Å². The van der Waals surface area contributed by atoms with Gasteiger partial charge in [-0.3, -0.25) is 4.79 Å². The van der Waals surface area contributed by atoms with Gasteiger partial charge < -0.3 is 5.11 Å². The van der Waals surface area contributed by atoms with E-state index in [1.54, 1.807) is 6.92 Å². The van der Waals surface area contributed by atoms with Crippen molar-refractivity contribution in [3.05, 3.63) is 34.4 Å². The van der Waals surface area contributed by atoms with Gasteiger partial charge in [-0.15, -0.1) is 0 Å². The van der Waals surface area contributed by atoms with Crippen LogP contribution in [0.2, 0.25) is 0 Å². The number of hydrogen-bond acceptors (Lipinski definition) is 1. The lowest BCUT2D eigenvalue weighted by Gasteiger charge is -2.12. The van der Waals surface area contributed by atoms with Gasteiger partial charge in [-0.1, -0.05) is 12.1 Å². The van der Waals surface area contributed by atoms with Gasteiger partial charge in [0.25, 0.3) is 6.43 Å². The first-order chi connectivity index (χ1) is 6.93. The first-order valence-corrected chi connectivity index (χ1v) is 4.52. The summed E-state index contributed by atoms with van der Waals surface area (Å²) in [5.41, 5.74) is 1.52. The van der Waals surface area contributed by atoms with E-state index in [1.807, 2.05) is 0 Å². The summed E-state index contributed by atoms with van der Waals surface area (Å²) in [5, 5.41) is 8.66. The van der Waals surface area contributed by atoms with Crippen LogP contribution < -0.4 is 0 Å². The van der Waals surface area contributed by atoms with Crippen molar-refractivity contribution in [3.63, 3.8) is 0 Å². The van der Waals surface area contributed by atoms with Gasteiger partial charge in [0.15, 0.2) is 0 Å². The van der Waals surface area contributed by atoms with Gasteiger partial charge in [0.1, 0.15) is 0 Å². The summed E-state index contributed by atoms with van der Waals surface area (Å²) < 4.78 is 25.1. The Kier molecular flexibility index (Phi) is 3.39. The predicted molar refractivity (Wildman–Crippen MR) is 52.2 cm³/mol. The van der Waals surface area contributed by atoms with E-state index in [1.165, 1.54) is 19.1 Å². The van der Waals surface area contributed by atoms with Crippen LogP contribution in [0.25, 0.3) is 0 Å². The number of carboxylic acids is 1. The second-order valence-corrected chi connectivity index (χ2v) is 3.45. The van der Waals surface area contributed by atoms with Crippen LogP contribution in [0.3, 0.4) is 0 Å². The Labute approximate surface area is 86.5 Å². The maximum Gasteiger partial charge on any atom is 0.307 e. The van der Waals surface area contributed by atoms with Crippen molar-refractivity contribution in [1.29, 1.82) is 0 Å². The topological polar surface area (TPSA) is 37.3 Å². The second kappa shape index (κ2) is 4.38. The SMILES string of the molecule is Cc1ccc(C(F)F)c(C)c1CC(=O)O. The maximum atomic E-state index is 12.5. The normalized spacial score (nSPS) is 10.7. The molecule has 15 heavy (non-hydrogen) atoms. The number of aryl methyl sites for hydroxylation is 1. The van der Waals surface area contributed by atoms with Crippen LogP contribution >= 0.6 is 0 Å². The quantitative estimate of drug-likeness (QED) is 0.840. The molecule has 2 nitrogen and oxygen atoms in total. The first-order valence-electron chi connectivity index (χ1n) is 4.52. The Morgan fingerprint density at radius 3 is 2.47 bits per heavy atom. The van der Waals surface area contributed by atoms with Crippen molar-refractivity contribution in [2.45, 2.75) is 26.7 Å². The van der Waals surface area contributed by atoms with Crippen molar-refractivity contribution in [1.82, 2.24) is 0 Å². The molecule has 0 unspecified atom stereocenters. The molecular formula is C11H12F2O2. The number of hydrogen-bond donors (Lipinski definition) is 1. The first kappa shape index (κ1) is 11.6. The zero-order chi connectivity index (χ0) is 11.6. The zero-order valence-electron chi connectivity index (χ0n) is 8.55. The van der Waals surface area contributed by atoms with Gasteiger partial charge in [-0.25, -0.2) is 8.78 Å². The van der Waals surface area contributed by atoms with E-state index >= 15 is 0 Å². The Morgan fingerprint density at radius 2 is 2.00 bits per heavy atom. The molecule has 1 rings (SSSR count). The molecule has 0 aromatic heterocycles. The van der Waals surface area contributed by atoms with Crippen molar-refractivity contribution >= 4 is 5.97 Å². The fourth-order valence-corrected chi connectivity index (χ4v) is 1.57. The molecule has 0 aliphatic carbocycles. The molecular weight excluding hydrogens is 202 g/mol. The summed E-state index contributed by atoms with van der Waals surface area (Å²) in [7, 11) is 0. The third-order valence-electron chi connectivity index (χ3n) is 2.44. The largest absolute Gasteiger partial charge is 0.481 e. The molecule has 1 aromatic carbocycles. The Bertz CT molecular complexity index is 386. The highest BCUT2D eigenvalue weighted by atomic mass is 19.3. The van der Waals surface area contributed by atoms with Gasteiger partial charge in [-0.2, -0.15) is 0 Å². The highest BCUT2D eigenvalue weighted by Crippen LogP contribution is 2.27. The molecule has 0 amide bonds. The van der Waals surface area contributed by atoms with Crippen molar-refractivity contribution < 1.29 is 18.7 Å². The number of aliphatic carboxylic acids is 1. The number of alkyl halides is 2. The predicted octanol–water partition coefficient (Wildman–Crippen LogP) is 2.87. The molecule has 1 aromatic rings. The van der Waals surface area contributed by atoms with Gasteiger partial charge in [0.05, 0.1) is 6.42 Å². The smallest absolute Gasteiger partial charge is 0.307 e. The number of rotatable bonds is 3. The molecule has 0 atom stereocenters. The lowest BCUT2D eigenvalue weighted by atomic mass is 9.95. The molecule has 0 spiro atoms. The molecule has 0 saturated carbocycles. The third-order valence-corrected chi connectivity index (χ3v) is 2.44. The van der Waals surface area contributed by atoms with Gasteiger partial charge in [0.2, 0.25) is 0 Å². The number of benzene rings is 1. The lowest BCUT2D eigenvalue weighted by molar-refractivity contribution is -0.136. The van der Waals surface area contributed by atoms with Crippen molar-refractivity contribution in [3.8, 4) is 0 Å². The fourth-order valence-electron chi connectivity index (χ4n) is 1.57. The maximum absolute atomic E-state index is 12.5. The Morgan fingerprint density at radius 1 is 1.40 bits per heavy atom. The summed E-state index contributed by atoms with van der Waals surface area (Å²) in [6, 6.07) is 2.88. The fraction of sp³-hybridized carbons (Fsp3) is 0.364. The summed E-state index contributed by atoms with van der Waals surface area (Å²) in [6.07, 6.45) is -2.77. The van der Waals surface area contributed by atoms with E-state index in [0.717, 1.165) is 5.56 Å². The van der Waals surface area contributed by atoms with Gasteiger partial charge in [-0.05, 0) is 30.5 Å². The third kappa shape index (κ3) is 2.52. The molecule has 0 bridgehead atoms. The molecule has 0 fully saturated rings. The van der Waals surface area contributed by atoms with Crippen LogP contribution in [0.1, 0.15) is 28.7 Å². The highest BCUT2D eigenvalue weighted by Gasteiger charge is 2.16. The average Bonchev–Trinajstić information content (AvgIpc) is 2.11. The highest BCUT2D eigenvalue weighted by molar-refractivity contribution is 5.71. The Hall–Kier alpha value is -1.45. The summed E-state index contributed by atoms with van der Waals surface area (Å²) in [4.78, 5) is 10.6. The molecule has 0 aliphatic heterocycles. The minimum Gasteiger partial charge on any atom is -0.481 e. The van der Waals surface area contributed by atoms with E-state index < -0.39 is 12.4 Å². The minimum absolute atomic E-state index is 0.0862. The summed E-state index contributed by atoms with van der Waals surface area (Å²) >= 11 is 0. The number of carbonyl (C=O) groups is 1. The van der Waals surface area contributed by atoms with E-state index in [2.05, 4.69) is 0 Å². The molecule has 0 saturated heterocycles. The molecule has 0 heterocycles. The molecule has 0 radical (unpaired) electrons. The molecule has 1 N–H and O–H groups in total. The lowest BCUT2D eigenvalue weighted by Crippen LogP contribution is -2.06. The van der Waals surface area contributed by atoms with Gasteiger partial charge >= 0.3 is 5.97 Å². The van der Waals surface area contributed by atoms with Gasteiger partial charge in [0, 0.05) is 5.56 Å². The molecule has 4 heteroatoms. The van der Waals surface area contributed by atoms with Crippen LogP contribution in [0.15, 0.2) is 12.1 Å². The van der Waals surface area contributed by atoms with Crippen molar-refractivity contribution in [2.75, 3.05) is 0 Å². The minimum atomic E-state index is -2.56.